The Morgan fingerprint density at radius 2 is 1.58 bits per heavy atom. The van der Waals surface area contributed by atoms with Crippen LogP contribution in [-0.4, -0.2) is 16.7 Å². The number of rotatable bonds is 6. The second-order valence-corrected chi connectivity index (χ2v) is 9.81. The zero-order valence-corrected chi connectivity index (χ0v) is 21.3. The second-order valence-electron chi connectivity index (χ2n) is 7.32. The molecule has 0 atom stereocenters. The lowest BCUT2D eigenvalue weighted by Crippen LogP contribution is -2.19. The topological polar surface area (TPSA) is 46.4 Å². The number of allylic oxidation sites excluding steroid dienone is 1. The van der Waals surface area contributed by atoms with Gasteiger partial charge in [-0.1, -0.05) is 36.4 Å². The largest absolute Gasteiger partial charge is 0.340 e. The van der Waals surface area contributed by atoms with E-state index in [1.807, 2.05) is 43.3 Å². The molecule has 1 amide bonds. The van der Waals surface area contributed by atoms with Crippen LogP contribution in [0.4, 0.5) is 0 Å². The molecule has 1 N–H and O–H groups in total. The van der Waals surface area contributed by atoms with Gasteiger partial charge in [0.1, 0.15) is 0 Å². The van der Waals surface area contributed by atoms with Gasteiger partial charge in [-0.15, -0.1) is 0 Å². The van der Waals surface area contributed by atoms with Gasteiger partial charge in [0.05, 0.1) is 6.21 Å². The van der Waals surface area contributed by atoms with E-state index in [1.165, 1.54) is 17.9 Å². The van der Waals surface area contributed by atoms with E-state index in [-0.39, 0.29) is 5.91 Å². The number of hydrogen-bond acceptors (Lipinski definition) is 2. The molecule has 1 heterocycles. The van der Waals surface area contributed by atoms with E-state index in [1.54, 1.807) is 6.21 Å². The average Bonchev–Trinajstić information content (AvgIpc) is 3.05. The molecule has 0 radical (unpaired) electrons. The van der Waals surface area contributed by atoms with Crippen LogP contribution in [0.3, 0.4) is 0 Å². The minimum absolute atomic E-state index is 0.102. The first-order chi connectivity index (χ1) is 15.0. The molecule has 0 saturated heterocycles. The molecular weight excluding hydrogens is 612 g/mol. The van der Waals surface area contributed by atoms with E-state index < -0.39 is 0 Å². The van der Waals surface area contributed by atoms with Crippen LogP contribution < -0.4 is 5.43 Å². The molecule has 0 fully saturated rings. The number of hydrogen-bond donors (Lipinski definition) is 1. The van der Waals surface area contributed by atoms with Gasteiger partial charge in [-0.25, -0.2) is 5.43 Å². The highest BCUT2D eigenvalue weighted by Crippen LogP contribution is 2.31. The maximum absolute atomic E-state index is 12.4. The Hall–Kier alpha value is -2.20. The number of benzene rings is 3. The van der Waals surface area contributed by atoms with Gasteiger partial charge in [0, 0.05) is 41.9 Å². The summed E-state index contributed by atoms with van der Waals surface area (Å²) in [6, 6.07) is 22.9. The minimum Gasteiger partial charge on any atom is -0.340 e. The van der Waals surface area contributed by atoms with Crippen molar-refractivity contribution < 1.29 is 4.79 Å². The zero-order valence-electron chi connectivity index (χ0n) is 17.0. The number of carbonyl (C=O) groups excluding carboxylic acids is 1. The number of halogens is 2. The molecular formula is C25H21I2N3O. The van der Waals surface area contributed by atoms with Crippen LogP contribution in [0.15, 0.2) is 77.4 Å². The molecule has 4 rings (SSSR count). The van der Waals surface area contributed by atoms with Crippen molar-refractivity contribution in [2.45, 2.75) is 19.9 Å². The maximum atomic E-state index is 12.4. The van der Waals surface area contributed by atoms with Gasteiger partial charge >= 0.3 is 0 Å². The lowest BCUT2D eigenvalue weighted by Gasteiger charge is -2.07. The maximum Gasteiger partial charge on any atom is 0.241 e. The molecule has 0 aliphatic heterocycles. The van der Waals surface area contributed by atoms with Gasteiger partial charge in [-0.05, 0) is 99.6 Å². The Morgan fingerprint density at radius 3 is 2.19 bits per heavy atom. The van der Waals surface area contributed by atoms with E-state index in [0.29, 0.717) is 13.0 Å². The van der Waals surface area contributed by atoms with Gasteiger partial charge in [-0.2, -0.15) is 5.10 Å². The standard InChI is InChI=1S/C25H21I2N3O/c1-17(13-18-5-3-2-4-6-18)16-28-29-25(31)11-12-30-23-9-7-19(26)14-21(23)22-15-20(27)8-10-24(22)30/h2-10,13-16H,11-12H2,1H3,(H,29,31)/b17-13-,28-16-. The van der Waals surface area contributed by atoms with Crippen LogP contribution in [0.1, 0.15) is 18.9 Å². The molecule has 0 saturated carbocycles. The Labute approximate surface area is 208 Å². The van der Waals surface area contributed by atoms with E-state index in [9.17, 15) is 4.79 Å². The molecule has 0 bridgehead atoms. The van der Waals surface area contributed by atoms with Crippen molar-refractivity contribution in [2.24, 2.45) is 5.10 Å². The first kappa shape index (κ1) is 22.0. The highest BCUT2D eigenvalue weighted by atomic mass is 127. The molecule has 4 nitrogen and oxygen atoms in total. The van der Waals surface area contributed by atoms with Crippen LogP contribution in [0, 0.1) is 7.14 Å². The Bertz CT molecular complexity index is 1250. The van der Waals surface area contributed by atoms with Crippen molar-refractivity contribution in [2.75, 3.05) is 0 Å². The fraction of sp³-hybridized carbons (Fsp3) is 0.120. The van der Waals surface area contributed by atoms with E-state index in [2.05, 4.69) is 96.7 Å². The molecule has 0 aliphatic carbocycles. The Kier molecular flexibility index (Phi) is 7.06. The number of carbonyl (C=O) groups is 1. The highest BCUT2D eigenvalue weighted by Gasteiger charge is 2.12. The summed E-state index contributed by atoms with van der Waals surface area (Å²) in [6.07, 6.45) is 4.06. The number of fused-ring (bicyclic) bond motifs is 3. The van der Waals surface area contributed by atoms with Gasteiger partial charge in [0.2, 0.25) is 5.91 Å². The third kappa shape index (κ3) is 5.35. The van der Waals surface area contributed by atoms with Crippen molar-refractivity contribution in [1.29, 1.82) is 0 Å². The first-order valence-electron chi connectivity index (χ1n) is 9.93. The summed E-state index contributed by atoms with van der Waals surface area (Å²) in [4.78, 5) is 12.4. The van der Waals surface area contributed by atoms with Crippen molar-refractivity contribution in [3.05, 3.63) is 85.0 Å². The third-order valence-corrected chi connectivity index (χ3v) is 6.34. The third-order valence-electron chi connectivity index (χ3n) is 5.00. The molecule has 0 unspecified atom stereocenters. The predicted molar refractivity (Wildman–Crippen MR) is 146 cm³/mol. The summed E-state index contributed by atoms with van der Waals surface area (Å²) in [5.74, 6) is -0.102. The predicted octanol–water partition coefficient (Wildman–Crippen LogP) is 6.60. The molecule has 156 valence electrons. The number of nitrogens with one attached hydrogen (secondary N) is 1. The summed E-state index contributed by atoms with van der Waals surface area (Å²) in [7, 11) is 0. The fourth-order valence-electron chi connectivity index (χ4n) is 3.61. The fourth-order valence-corrected chi connectivity index (χ4v) is 4.60. The van der Waals surface area contributed by atoms with Crippen molar-refractivity contribution in [3.63, 3.8) is 0 Å². The van der Waals surface area contributed by atoms with Gasteiger partial charge in [-0.3, -0.25) is 4.79 Å². The summed E-state index contributed by atoms with van der Waals surface area (Å²) < 4.78 is 4.63. The van der Waals surface area contributed by atoms with E-state index in [0.717, 1.165) is 22.2 Å². The molecule has 3 aromatic carbocycles. The van der Waals surface area contributed by atoms with Gasteiger partial charge in [0.25, 0.3) is 0 Å². The highest BCUT2D eigenvalue weighted by molar-refractivity contribution is 14.1. The minimum atomic E-state index is -0.102. The van der Waals surface area contributed by atoms with Crippen molar-refractivity contribution >= 4 is 85.2 Å². The lowest BCUT2D eigenvalue weighted by molar-refractivity contribution is -0.121. The molecule has 31 heavy (non-hydrogen) atoms. The summed E-state index contributed by atoms with van der Waals surface area (Å²) in [5.41, 5.74) is 7.02. The SMILES string of the molecule is CC(/C=N\NC(=O)CCn1c2ccc(I)cc2c2cc(I)ccc21)=C/c1ccccc1. The first-order valence-corrected chi connectivity index (χ1v) is 12.1. The van der Waals surface area contributed by atoms with Crippen LogP contribution >= 0.6 is 45.2 Å². The molecule has 1 aromatic heterocycles. The molecule has 0 spiro atoms. The van der Waals surface area contributed by atoms with Crippen molar-refractivity contribution in [1.82, 2.24) is 9.99 Å². The number of amides is 1. The molecule has 0 aliphatic rings. The van der Waals surface area contributed by atoms with Crippen LogP contribution in [-0.2, 0) is 11.3 Å². The second kappa shape index (κ2) is 9.95. The Morgan fingerprint density at radius 1 is 0.968 bits per heavy atom. The summed E-state index contributed by atoms with van der Waals surface area (Å²) >= 11 is 4.68. The number of nitrogens with zero attached hydrogens (tertiary/aromatic N) is 2. The summed E-state index contributed by atoms with van der Waals surface area (Å²) in [5, 5.41) is 6.56. The van der Waals surface area contributed by atoms with Gasteiger partial charge in [0.15, 0.2) is 0 Å². The molecule has 4 aromatic rings. The number of aromatic nitrogens is 1. The zero-order chi connectivity index (χ0) is 21.8. The monoisotopic (exact) mass is 633 g/mol. The quantitative estimate of drug-likeness (QED) is 0.145. The lowest BCUT2D eigenvalue weighted by atomic mass is 10.1. The van der Waals surface area contributed by atoms with Crippen LogP contribution in [0.2, 0.25) is 0 Å². The normalized spacial score (nSPS) is 12.2. The summed E-state index contributed by atoms with van der Waals surface area (Å²) in [6.45, 7) is 2.56. The van der Waals surface area contributed by atoms with Crippen molar-refractivity contribution in [3.8, 4) is 0 Å². The average molecular weight is 633 g/mol. The van der Waals surface area contributed by atoms with E-state index in [4.69, 9.17) is 0 Å². The van der Waals surface area contributed by atoms with Gasteiger partial charge < -0.3 is 4.57 Å². The number of aryl methyl sites for hydroxylation is 1. The van der Waals surface area contributed by atoms with Crippen LogP contribution in [0.5, 0.6) is 0 Å². The smallest absolute Gasteiger partial charge is 0.241 e. The van der Waals surface area contributed by atoms with E-state index >= 15 is 0 Å². The number of hydrazone groups is 1. The Balaban J connectivity index is 1.46. The van der Waals surface area contributed by atoms with Crippen LogP contribution in [0.25, 0.3) is 27.9 Å². The molecule has 6 heteroatoms.